The third kappa shape index (κ3) is 29.6. The van der Waals surface area contributed by atoms with Crippen LogP contribution in [0.15, 0.2) is 0 Å². The second kappa shape index (κ2) is 34.8. The number of rotatable bonds is 35. The van der Waals surface area contributed by atoms with E-state index in [-0.39, 0.29) is 17.9 Å². The maximum absolute atomic E-state index is 12.9. The number of esters is 2. The van der Waals surface area contributed by atoms with Crippen LogP contribution in [0.25, 0.3) is 0 Å². The van der Waals surface area contributed by atoms with Crippen molar-refractivity contribution in [2.45, 2.75) is 201 Å². The molecule has 0 fully saturated rings. The van der Waals surface area contributed by atoms with E-state index in [0.29, 0.717) is 19.6 Å². The first-order valence-corrected chi connectivity index (χ1v) is 19.6. The van der Waals surface area contributed by atoms with E-state index >= 15 is 0 Å². The zero-order chi connectivity index (χ0) is 32.4. The van der Waals surface area contributed by atoms with Gasteiger partial charge in [-0.1, -0.05) is 163 Å². The average Bonchev–Trinajstić information content (AvgIpc) is 3.02. The molecular formula is C39H77NO4. The van der Waals surface area contributed by atoms with Crippen LogP contribution in [-0.2, 0) is 19.1 Å². The van der Waals surface area contributed by atoms with Gasteiger partial charge in [-0.25, -0.2) is 0 Å². The molecule has 0 saturated carbocycles. The predicted molar refractivity (Wildman–Crippen MR) is 189 cm³/mol. The molecule has 0 bridgehead atoms. The Kier molecular flexibility index (Phi) is 33.9. The molecule has 5 nitrogen and oxygen atoms in total. The van der Waals surface area contributed by atoms with Gasteiger partial charge in [-0.2, -0.15) is 0 Å². The Labute approximate surface area is 275 Å². The number of carbonyl (C=O) groups is 2. The van der Waals surface area contributed by atoms with Crippen LogP contribution in [0.1, 0.15) is 201 Å². The van der Waals surface area contributed by atoms with Gasteiger partial charge < -0.3 is 9.47 Å². The zero-order valence-corrected chi connectivity index (χ0v) is 30.3. The van der Waals surface area contributed by atoms with E-state index in [1.54, 1.807) is 0 Å². The van der Waals surface area contributed by atoms with Crippen LogP contribution in [0.2, 0.25) is 0 Å². The number of nitrogens with zero attached hydrogens (tertiary/aromatic N) is 1. The van der Waals surface area contributed by atoms with Crippen molar-refractivity contribution in [2.75, 3.05) is 32.8 Å². The van der Waals surface area contributed by atoms with Gasteiger partial charge in [-0.15, -0.1) is 0 Å². The predicted octanol–water partition coefficient (Wildman–Crippen LogP) is 11.6. The van der Waals surface area contributed by atoms with E-state index < -0.39 is 0 Å². The molecule has 0 rings (SSSR count). The molecule has 0 N–H and O–H groups in total. The van der Waals surface area contributed by atoms with Crippen LogP contribution < -0.4 is 0 Å². The SMILES string of the molecule is CCCCCCCCCCOC(=O)CCCN(CCCCCCCCCC)CCOC(=O)C(CCC)CCCCCCCC. The number of unbranched alkanes of at least 4 members (excludes halogenated alkanes) is 19. The molecule has 0 amide bonds. The fraction of sp³-hybridized carbons (Fsp3) is 0.949. The Morgan fingerprint density at radius 1 is 0.455 bits per heavy atom. The second-order valence-electron chi connectivity index (χ2n) is 13.3. The van der Waals surface area contributed by atoms with E-state index in [4.69, 9.17) is 9.47 Å². The maximum atomic E-state index is 12.9. The number of hydrogen-bond acceptors (Lipinski definition) is 5. The highest BCUT2D eigenvalue weighted by atomic mass is 16.5. The normalized spacial score (nSPS) is 12.1. The molecule has 0 aliphatic rings. The van der Waals surface area contributed by atoms with Crippen LogP contribution in [0, 0.1) is 5.92 Å². The Hall–Kier alpha value is -1.10. The highest BCUT2D eigenvalue weighted by molar-refractivity contribution is 5.72. The van der Waals surface area contributed by atoms with Crippen LogP contribution in [0.4, 0.5) is 0 Å². The number of ether oxygens (including phenoxy) is 2. The molecule has 0 aliphatic heterocycles. The minimum Gasteiger partial charge on any atom is -0.466 e. The molecule has 0 aromatic rings. The Morgan fingerprint density at radius 3 is 1.48 bits per heavy atom. The van der Waals surface area contributed by atoms with E-state index in [1.165, 1.54) is 122 Å². The van der Waals surface area contributed by atoms with Gasteiger partial charge in [0.05, 0.1) is 12.5 Å². The van der Waals surface area contributed by atoms with Crippen LogP contribution in [0.3, 0.4) is 0 Å². The summed E-state index contributed by atoms with van der Waals surface area (Å²) in [7, 11) is 0. The Morgan fingerprint density at radius 2 is 0.932 bits per heavy atom. The highest BCUT2D eigenvalue weighted by Crippen LogP contribution is 2.19. The molecular weight excluding hydrogens is 546 g/mol. The number of carbonyl (C=O) groups excluding carboxylic acids is 2. The van der Waals surface area contributed by atoms with Gasteiger partial charge in [0.15, 0.2) is 0 Å². The second-order valence-corrected chi connectivity index (χ2v) is 13.3. The van der Waals surface area contributed by atoms with Crippen molar-refractivity contribution in [3.63, 3.8) is 0 Å². The van der Waals surface area contributed by atoms with E-state index in [0.717, 1.165) is 64.6 Å². The summed E-state index contributed by atoms with van der Waals surface area (Å²) in [6.07, 6.45) is 32.1. The fourth-order valence-corrected chi connectivity index (χ4v) is 6.04. The number of hydrogen-bond donors (Lipinski definition) is 0. The molecule has 262 valence electrons. The Bertz CT molecular complexity index is 611. The van der Waals surface area contributed by atoms with Gasteiger partial charge in [0, 0.05) is 13.0 Å². The monoisotopic (exact) mass is 624 g/mol. The van der Waals surface area contributed by atoms with Crippen LogP contribution in [-0.4, -0.2) is 49.7 Å². The minimum absolute atomic E-state index is 0.00280. The first-order chi connectivity index (χ1) is 21.6. The van der Waals surface area contributed by atoms with Crippen molar-refractivity contribution in [1.29, 1.82) is 0 Å². The van der Waals surface area contributed by atoms with Gasteiger partial charge in [-0.3, -0.25) is 14.5 Å². The third-order valence-electron chi connectivity index (χ3n) is 8.97. The molecule has 0 aromatic heterocycles. The first-order valence-electron chi connectivity index (χ1n) is 19.6. The molecule has 44 heavy (non-hydrogen) atoms. The van der Waals surface area contributed by atoms with Crippen molar-refractivity contribution in [1.82, 2.24) is 4.90 Å². The average molecular weight is 624 g/mol. The quantitative estimate of drug-likeness (QED) is 0.0519. The van der Waals surface area contributed by atoms with Gasteiger partial charge in [0.2, 0.25) is 0 Å². The summed E-state index contributed by atoms with van der Waals surface area (Å²) in [5.74, 6) is -0.0244. The topological polar surface area (TPSA) is 55.8 Å². The van der Waals surface area contributed by atoms with Gasteiger partial charge in [-0.05, 0) is 45.2 Å². The standard InChI is InChI=1S/C39H77NO4/c1-5-9-12-15-18-20-23-26-32-40(33-28-31-38(41)43-35-27-24-21-19-16-13-10-6-2)34-36-44-39(42)37(29-8-4)30-25-22-17-14-11-7-3/h37H,5-36H2,1-4H3. The largest absolute Gasteiger partial charge is 0.466 e. The summed E-state index contributed by atoms with van der Waals surface area (Å²) < 4.78 is 11.3. The van der Waals surface area contributed by atoms with Crippen LogP contribution >= 0.6 is 0 Å². The molecule has 0 saturated heterocycles. The van der Waals surface area contributed by atoms with E-state index in [2.05, 4.69) is 32.6 Å². The molecule has 0 radical (unpaired) electrons. The van der Waals surface area contributed by atoms with Crippen molar-refractivity contribution >= 4 is 11.9 Å². The first kappa shape index (κ1) is 42.9. The summed E-state index contributed by atoms with van der Waals surface area (Å²) in [5, 5.41) is 0. The van der Waals surface area contributed by atoms with Crippen molar-refractivity contribution < 1.29 is 19.1 Å². The maximum Gasteiger partial charge on any atom is 0.308 e. The van der Waals surface area contributed by atoms with E-state index in [9.17, 15) is 9.59 Å². The summed E-state index contributed by atoms with van der Waals surface area (Å²) >= 11 is 0. The molecule has 0 aliphatic carbocycles. The van der Waals surface area contributed by atoms with Gasteiger partial charge in [0.25, 0.3) is 0 Å². The fourth-order valence-electron chi connectivity index (χ4n) is 6.04. The molecule has 0 heterocycles. The zero-order valence-electron chi connectivity index (χ0n) is 30.3. The molecule has 0 aromatic carbocycles. The lowest BCUT2D eigenvalue weighted by atomic mass is 9.96. The van der Waals surface area contributed by atoms with Crippen molar-refractivity contribution in [3.05, 3.63) is 0 Å². The lowest BCUT2D eigenvalue weighted by molar-refractivity contribution is -0.149. The molecule has 1 unspecified atom stereocenters. The third-order valence-corrected chi connectivity index (χ3v) is 8.97. The van der Waals surface area contributed by atoms with E-state index in [1.807, 2.05) is 0 Å². The summed E-state index contributed by atoms with van der Waals surface area (Å²) in [6.45, 7) is 12.6. The molecule has 0 spiro atoms. The van der Waals surface area contributed by atoms with Gasteiger partial charge >= 0.3 is 11.9 Å². The summed E-state index contributed by atoms with van der Waals surface area (Å²) in [6, 6.07) is 0. The Balaban J connectivity index is 4.42. The molecule has 5 heteroatoms. The minimum atomic E-state index is -0.0662. The van der Waals surface area contributed by atoms with Crippen molar-refractivity contribution in [2.24, 2.45) is 5.92 Å². The smallest absolute Gasteiger partial charge is 0.308 e. The molecule has 1 atom stereocenters. The van der Waals surface area contributed by atoms with Crippen LogP contribution in [0.5, 0.6) is 0 Å². The van der Waals surface area contributed by atoms with Crippen molar-refractivity contribution in [3.8, 4) is 0 Å². The highest BCUT2D eigenvalue weighted by Gasteiger charge is 2.19. The van der Waals surface area contributed by atoms with Gasteiger partial charge in [0.1, 0.15) is 6.61 Å². The summed E-state index contributed by atoms with van der Waals surface area (Å²) in [5.41, 5.74) is 0. The lowest BCUT2D eigenvalue weighted by Gasteiger charge is -2.23. The summed E-state index contributed by atoms with van der Waals surface area (Å²) in [4.78, 5) is 27.6. The lowest BCUT2D eigenvalue weighted by Crippen LogP contribution is -2.31.